The van der Waals surface area contributed by atoms with Crippen LogP contribution in [0.25, 0.3) is 22.0 Å². The molecule has 144 valence electrons. The molecule has 0 unspecified atom stereocenters. The number of anilines is 2. The number of benzene rings is 2. The van der Waals surface area contributed by atoms with Crippen LogP contribution in [0.3, 0.4) is 0 Å². The van der Waals surface area contributed by atoms with E-state index >= 15 is 0 Å². The van der Waals surface area contributed by atoms with Crippen molar-refractivity contribution >= 4 is 22.3 Å². The van der Waals surface area contributed by atoms with Crippen molar-refractivity contribution in [3.8, 4) is 22.6 Å². The summed E-state index contributed by atoms with van der Waals surface area (Å²) in [6.07, 6.45) is 7.97. The number of nitrogens with zero attached hydrogens (tertiary/aromatic N) is 5. The lowest BCUT2D eigenvalue weighted by Crippen LogP contribution is -2.14. The van der Waals surface area contributed by atoms with E-state index < -0.39 is 0 Å². The summed E-state index contributed by atoms with van der Waals surface area (Å²) in [7, 11) is 3.25. The summed E-state index contributed by atoms with van der Waals surface area (Å²) >= 11 is 0. The van der Waals surface area contributed by atoms with Crippen molar-refractivity contribution in [1.82, 2.24) is 20.2 Å². The predicted molar refractivity (Wildman–Crippen MR) is 111 cm³/mol. The lowest BCUT2D eigenvalue weighted by Gasteiger charge is -2.21. The Balaban J connectivity index is 1.59. The van der Waals surface area contributed by atoms with E-state index in [2.05, 4.69) is 43.3 Å². The summed E-state index contributed by atoms with van der Waals surface area (Å²) < 4.78 is 10.9. The summed E-state index contributed by atoms with van der Waals surface area (Å²) in [5.74, 6) is 1.32. The van der Waals surface area contributed by atoms with Gasteiger partial charge >= 0.3 is 0 Å². The maximum atomic E-state index is 5.49. The molecule has 0 fully saturated rings. The van der Waals surface area contributed by atoms with Gasteiger partial charge in [-0.15, -0.1) is 0 Å². The Labute approximate surface area is 168 Å². The van der Waals surface area contributed by atoms with Crippen LogP contribution >= 0.6 is 0 Å². The second-order valence-electron chi connectivity index (χ2n) is 6.83. The molecule has 0 aliphatic carbocycles. The summed E-state index contributed by atoms with van der Waals surface area (Å²) in [5.41, 5.74) is 6.38. The molecule has 2 aromatic carbocycles. The number of aromatic nitrogens is 4. The van der Waals surface area contributed by atoms with Gasteiger partial charge < -0.3 is 14.4 Å². The van der Waals surface area contributed by atoms with Gasteiger partial charge in [-0.25, -0.2) is 9.97 Å². The first-order valence-corrected chi connectivity index (χ1v) is 9.32. The predicted octanol–water partition coefficient (Wildman–Crippen LogP) is 3.80. The van der Waals surface area contributed by atoms with Gasteiger partial charge in [-0.3, -0.25) is 0 Å². The SMILES string of the molecule is COc1cc2nncc(N3CCc4cc(-c5cncnc5)ccc43)c2cc1OC. The fourth-order valence-electron chi connectivity index (χ4n) is 3.87. The molecule has 5 rings (SSSR count). The summed E-state index contributed by atoms with van der Waals surface area (Å²) in [5, 5.41) is 9.48. The second-order valence-corrected chi connectivity index (χ2v) is 6.83. The molecule has 0 saturated heterocycles. The molecule has 0 amide bonds. The van der Waals surface area contributed by atoms with Crippen LogP contribution in [0.4, 0.5) is 11.4 Å². The average molecular weight is 385 g/mol. The Morgan fingerprint density at radius 2 is 1.66 bits per heavy atom. The topological polar surface area (TPSA) is 73.3 Å². The zero-order valence-electron chi connectivity index (χ0n) is 16.2. The van der Waals surface area contributed by atoms with E-state index in [9.17, 15) is 0 Å². The highest BCUT2D eigenvalue weighted by Gasteiger charge is 2.24. The van der Waals surface area contributed by atoms with Gasteiger partial charge in [0.15, 0.2) is 11.5 Å². The van der Waals surface area contributed by atoms with Gasteiger partial charge in [-0.05, 0) is 35.7 Å². The van der Waals surface area contributed by atoms with E-state index in [1.165, 1.54) is 11.3 Å². The first kappa shape index (κ1) is 17.4. The van der Waals surface area contributed by atoms with Crippen LogP contribution < -0.4 is 14.4 Å². The molecule has 0 saturated carbocycles. The van der Waals surface area contributed by atoms with E-state index in [-0.39, 0.29) is 0 Å². The molecule has 3 heterocycles. The highest BCUT2D eigenvalue weighted by atomic mass is 16.5. The van der Waals surface area contributed by atoms with Crippen molar-refractivity contribution < 1.29 is 9.47 Å². The maximum Gasteiger partial charge on any atom is 0.162 e. The lowest BCUT2D eigenvalue weighted by molar-refractivity contribution is 0.355. The van der Waals surface area contributed by atoms with Gasteiger partial charge in [0.1, 0.15) is 6.33 Å². The number of fused-ring (bicyclic) bond motifs is 2. The molecule has 7 nitrogen and oxygen atoms in total. The quantitative estimate of drug-likeness (QED) is 0.529. The lowest BCUT2D eigenvalue weighted by atomic mass is 10.0. The van der Waals surface area contributed by atoms with Gasteiger partial charge in [0.05, 0.1) is 31.6 Å². The van der Waals surface area contributed by atoms with Crippen LogP contribution in [0.1, 0.15) is 5.56 Å². The van der Waals surface area contributed by atoms with Gasteiger partial charge in [0.25, 0.3) is 0 Å². The highest BCUT2D eigenvalue weighted by Crippen LogP contribution is 2.41. The van der Waals surface area contributed by atoms with Crippen molar-refractivity contribution in [2.75, 3.05) is 25.7 Å². The van der Waals surface area contributed by atoms with Gasteiger partial charge in [0, 0.05) is 41.6 Å². The third-order valence-electron chi connectivity index (χ3n) is 5.28. The number of hydrogen-bond donors (Lipinski definition) is 0. The molecule has 7 heteroatoms. The Morgan fingerprint density at radius 1 is 0.862 bits per heavy atom. The first-order valence-electron chi connectivity index (χ1n) is 9.32. The third kappa shape index (κ3) is 2.91. The number of methoxy groups -OCH3 is 2. The molecule has 1 aliphatic heterocycles. The zero-order chi connectivity index (χ0) is 19.8. The summed E-state index contributed by atoms with van der Waals surface area (Å²) in [4.78, 5) is 10.5. The number of rotatable bonds is 4. The van der Waals surface area contributed by atoms with Crippen LogP contribution in [0.2, 0.25) is 0 Å². The molecule has 0 N–H and O–H groups in total. The van der Waals surface area contributed by atoms with Crippen LogP contribution in [0, 0.1) is 0 Å². The van der Waals surface area contributed by atoms with Gasteiger partial charge in [0.2, 0.25) is 0 Å². The van der Waals surface area contributed by atoms with E-state index in [0.717, 1.165) is 40.7 Å². The molecule has 4 aromatic rings. The minimum Gasteiger partial charge on any atom is -0.493 e. The Hall–Kier alpha value is -3.74. The van der Waals surface area contributed by atoms with Crippen LogP contribution in [-0.2, 0) is 6.42 Å². The van der Waals surface area contributed by atoms with Crippen molar-refractivity contribution in [3.05, 3.63) is 60.8 Å². The molecule has 0 atom stereocenters. The molecule has 0 spiro atoms. The van der Waals surface area contributed by atoms with Crippen molar-refractivity contribution in [2.45, 2.75) is 6.42 Å². The Bertz CT molecular complexity index is 1200. The van der Waals surface area contributed by atoms with Crippen LogP contribution in [0.15, 0.2) is 55.2 Å². The molecule has 0 radical (unpaired) electrons. The monoisotopic (exact) mass is 385 g/mol. The van der Waals surface area contributed by atoms with Gasteiger partial charge in [-0.2, -0.15) is 10.2 Å². The molecule has 29 heavy (non-hydrogen) atoms. The van der Waals surface area contributed by atoms with E-state index in [1.54, 1.807) is 20.5 Å². The standard InChI is InChI=1S/C22H19N5O2/c1-28-21-8-17-18(9-22(21)29-2)26-25-12-20(17)27-6-5-15-7-14(3-4-19(15)27)16-10-23-13-24-11-16/h3-4,7-13H,5-6H2,1-2H3. The minimum atomic E-state index is 0.642. The minimum absolute atomic E-state index is 0.642. The fourth-order valence-corrected chi connectivity index (χ4v) is 3.87. The fraction of sp³-hybridized carbons (Fsp3) is 0.182. The first-order chi connectivity index (χ1) is 14.3. The molecular weight excluding hydrogens is 366 g/mol. The number of hydrogen-bond acceptors (Lipinski definition) is 7. The molecule has 0 bridgehead atoms. The second kappa shape index (κ2) is 7.01. The van der Waals surface area contributed by atoms with Crippen molar-refractivity contribution in [1.29, 1.82) is 0 Å². The van der Waals surface area contributed by atoms with E-state index in [0.29, 0.717) is 11.5 Å². The van der Waals surface area contributed by atoms with Crippen LogP contribution in [0.5, 0.6) is 11.5 Å². The Kier molecular flexibility index (Phi) is 4.20. The van der Waals surface area contributed by atoms with Crippen molar-refractivity contribution in [3.63, 3.8) is 0 Å². The van der Waals surface area contributed by atoms with Crippen LogP contribution in [-0.4, -0.2) is 40.9 Å². The Morgan fingerprint density at radius 3 is 2.45 bits per heavy atom. The summed E-state index contributed by atoms with van der Waals surface area (Å²) in [6.45, 7) is 0.874. The van der Waals surface area contributed by atoms with E-state index in [1.807, 2.05) is 30.7 Å². The number of ether oxygens (including phenoxy) is 2. The zero-order valence-corrected chi connectivity index (χ0v) is 16.2. The molecule has 1 aliphatic rings. The third-order valence-corrected chi connectivity index (χ3v) is 5.28. The van der Waals surface area contributed by atoms with Gasteiger partial charge in [-0.1, -0.05) is 6.07 Å². The smallest absolute Gasteiger partial charge is 0.162 e. The normalized spacial score (nSPS) is 12.8. The van der Waals surface area contributed by atoms with Crippen molar-refractivity contribution in [2.24, 2.45) is 0 Å². The molecule has 2 aromatic heterocycles. The van der Waals surface area contributed by atoms with E-state index in [4.69, 9.17) is 9.47 Å². The largest absolute Gasteiger partial charge is 0.493 e. The molecular formula is C22H19N5O2. The highest BCUT2D eigenvalue weighted by molar-refractivity contribution is 5.96. The maximum absolute atomic E-state index is 5.49. The summed E-state index contributed by atoms with van der Waals surface area (Å²) in [6, 6.07) is 10.3. The average Bonchev–Trinajstić information content (AvgIpc) is 3.21.